The second-order valence-corrected chi connectivity index (χ2v) is 10.1. The molecule has 0 bridgehead atoms. The lowest BCUT2D eigenvalue weighted by Crippen LogP contribution is -2.30. The summed E-state index contributed by atoms with van der Waals surface area (Å²) < 4.78 is 10.2. The molecule has 0 saturated heterocycles. The maximum atomic E-state index is 13.2. The van der Waals surface area contributed by atoms with Crippen LogP contribution in [0.3, 0.4) is 0 Å². The zero-order valence-corrected chi connectivity index (χ0v) is 23.0. The average Bonchev–Trinajstić information content (AvgIpc) is 3.38. The lowest BCUT2D eigenvalue weighted by molar-refractivity contribution is -0.115. The van der Waals surface area contributed by atoms with E-state index in [4.69, 9.17) is 9.26 Å². The summed E-state index contributed by atoms with van der Waals surface area (Å²) in [5.74, 6) is 0.542. The van der Waals surface area contributed by atoms with Gasteiger partial charge in [0.2, 0.25) is 5.91 Å². The number of benzene rings is 3. The van der Waals surface area contributed by atoms with Gasteiger partial charge in [0, 0.05) is 22.2 Å². The van der Waals surface area contributed by atoms with Crippen LogP contribution in [0.2, 0.25) is 0 Å². The van der Waals surface area contributed by atoms with E-state index in [1.54, 1.807) is 106 Å². The van der Waals surface area contributed by atoms with Crippen LogP contribution >= 0.6 is 11.8 Å². The van der Waals surface area contributed by atoms with Gasteiger partial charge in [-0.3, -0.25) is 14.4 Å². The number of nitrogens with zero attached hydrogens (tertiary/aromatic N) is 1. The van der Waals surface area contributed by atoms with Gasteiger partial charge in [-0.15, -0.1) is 11.8 Å². The predicted octanol–water partition coefficient (Wildman–Crippen LogP) is 5.52. The fourth-order valence-corrected chi connectivity index (χ4v) is 4.40. The molecule has 1 unspecified atom stereocenters. The van der Waals surface area contributed by atoms with Crippen molar-refractivity contribution in [3.05, 3.63) is 108 Å². The Hall–Kier alpha value is -4.83. The average molecular weight is 557 g/mol. The minimum atomic E-state index is -0.490. The standard InChI is InChI=1S/C30H28N4O5S/c1-19-17-27(34-39-19)33-28(35)20(2)40-25-15-11-23(12-16-25)31-30(37)26(18-21-9-13-24(38-3)14-10-21)32-29(36)22-7-5-4-6-8-22/h4-18,20H,1-3H3,(H,31,37)(H,32,36)(H,33,34,35). The predicted molar refractivity (Wildman–Crippen MR) is 155 cm³/mol. The Morgan fingerprint density at radius 2 is 1.65 bits per heavy atom. The fourth-order valence-electron chi connectivity index (χ4n) is 3.54. The molecule has 40 heavy (non-hydrogen) atoms. The summed E-state index contributed by atoms with van der Waals surface area (Å²) >= 11 is 1.36. The van der Waals surface area contributed by atoms with Crippen molar-refractivity contribution in [1.82, 2.24) is 10.5 Å². The van der Waals surface area contributed by atoms with Crippen molar-refractivity contribution in [2.45, 2.75) is 24.0 Å². The topological polar surface area (TPSA) is 123 Å². The Balaban J connectivity index is 1.44. The third-order valence-electron chi connectivity index (χ3n) is 5.63. The van der Waals surface area contributed by atoms with Crippen LogP contribution in [0, 0.1) is 6.92 Å². The monoisotopic (exact) mass is 556 g/mol. The molecule has 0 aliphatic rings. The first-order valence-corrected chi connectivity index (χ1v) is 13.2. The normalized spacial score (nSPS) is 11.8. The Morgan fingerprint density at radius 3 is 2.27 bits per heavy atom. The van der Waals surface area contributed by atoms with Crippen molar-refractivity contribution in [3.8, 4) is 5.75 Å². The van der Waals surface area contributed by atoms with Crippen LogP contribution in [0.4, 0.5) is 11.5 Å². The van der Waals surface area contributed by atoms with Gasteiger partial charge in [0.1, 0.15) is 17.2 Å². The molecule has 9 nitrogen and oxygen atoms in total. The fraction of sp³-hybridized carbons (Fsp3) is 0.133. The highest BCUT2D eigenvalue weighted by atomic mass is 32.2. The highest BCUT2D eigenvalue weighted by molar-refractivity contribution is 8.00. The van der Waals surface area contributed by atoms with Gasteiger partial charge in [-0.1, -0.05) is 35.5 Å². The van der Waals surface area contributed by atoms with Crippen LogP contribution in [0.5, 0.6) is 5.75 Å². The number of aryl methyl sites for hydroxylation is 1. The number of ether oxygens (including phenoxy) is 1. The Bertz CT molecular complexity index is 1500. The second kappa shape index (κ2) is 13.3. The molecule has 0 spiro atoms. The van der Waals surface area contributed by atoms with Crippen LogP contribution < -0.4 is 20.7 Å². The zero-order chi connectivity index (χ0) is 28.5. The van der Waals surface area contributed by atoms with Crippen molar-refractivity contribution in [2.24, 2.45) is 0 Å². The lowest BCUT2D eigenvalue weighted by Gasteiger charge is -2.13. The highest BCUT2D eigenvalue weighted by Crippen LogP contribution is 2.26. The third-order valence-corrected chi connectivity index (χ3v) is 6.74. The van der Waals surface area contributed by atoms with Gasteiger partial charge in [-0.2, -0.15) is 0 Å². The molecule has 10 heteroatoms. The number of nitrogens with one attached hydrogen (secondary N) is 3. The summed E-state index contributed by atoms with van der Waals surface area (Å²) in [5.41, 5.74) is 1.73. The molecule has 4 rings (SSSR count). The summed E-state index contributed by atoms with van der Waals surface area (Å²) in [5, 5.41) is 11.6. The molecule has 1 aromatic heterocycles. The largest absolute Gasteiger partial charge is 0.497 e. The highest BCUT2D eigenvalue weighted by Gasteiger charge is 2.17. The molecule has 3 N–H and O–H groups in total. The number of amides is 3. The van der Waals surface area contributed by atoms with Crippen molar-refractivity contribution in [3.63, 3.8) is 0 Å². The molecule has 4 aromatic rings. The van der Waals surface area contributed by atoms with E-state index in [2.05, 4.69) is 21.1 Å². The number of methoxy groups -OCH3 is 1. The van der Waals surface area contributed by atoms with E-state index in [0.29, 0.717) is 34.1 Å². The molecular formula is C30H28N4O5S. The number of aromatic nitrogens is 1. The molecule has 3 amide bonds. The summed E-state index contributed by atoms with van der Waals surface area (Å²) in [7, 11) is 1.57. The van der Waals surface area contributed by atoms with E-state index in [1.165, 1.54) is 11.8 Å². The summed E-state index contributed by atoms with van der Waals surface area (Å²) in [6.45, 7) is 3.53. The van der Waals surface area contributed by atoms with E-state index in [0.717, 1.165) is 4.90 Å². The first-order chi connectivity index (χ1) is 19.3. The van der Waals surface area contributed by atoms with E-state index >= 15 is 0 Å². The van der Waals surface area contributed by atoms with Crippen LogP contribution in [-0.4, -0.2) is 35.2 Å². The van der Waals surface area contributed by atoms with Gasteiger partial charge < -0.3 is 25.2 Å². The molecule has 0 radical (unpaired) electrons. The van der Waals surface area contributed by atoms with Gasteiger partial charge in [-0.25, -0.2) is 0 Å². The van der Waals surface area contributed by atoms with E-state index < -0.39 is 17.1 Å². The molecule has 0 aliphatic carbocycles. The summed E-state index contributed by atoms with van der Waals surface area (Å²) in [6.07, 6.45) is 1.59. The number of hydrogen-bond acceptors (Lipinski definition) is 7. The first-order valence-electron chi connectivity index (χ1n) is 12.3. The van der Waals surface area contributed by atoms with Crippen LogP contribution in [0.1, 0.15) is 28.6 Å². The van der Waals surface area contributed by atoms with Crippen LogP contribution in [-0.2, 0) is 9.59 Å². The SMILES string of the molecule is COc1ccc(C=C(NC(=O)c2ccccc2)C(=O)Nc2ccc(SC(C)C(=O)Nc3cc(C)on3)cc2)cc1. The summed E-state index contributed by atoms with van der Waals surface area (Å²) in [6, 6.07) is 24.5. The number of carbonyl (C=O) groups excluding carboxylic acids is 3. The van der Waals surface area contributed by atoms with Crippen molar-refractivity contribution < 1.29 is 23.6 Å². The van der Waals surface area contributed by atoms with E-state index in [1.807, 2.05) is 6.07 Å². The Kier molecular flexibility index (Phi) is 9.37. The van der Waals surface area contributed by atoms with Gasteiger partial charge in [0.25, 0.3) is 11.8 Å². The minimum absolute atomic E-state index is 0.0749. The molecular weight excluding hydrogens is 528 g/mol. The molecule has 1 heterocycles. The van der Waals surface area contributed by atoms with Crippen molar-refractivity contribution in [2.75, 3.05) is 17.7 Å². The molecule has 3 aromatic carbocycles. The molecule has 0 fully saturated rings. The van der Waals surface area contributed by atoms with Crippen molar-refractivity contribution >= 4 is 47.1 Å². The Labute approximate surface area is 236 Å². The number of carbonyl (C=O) groups is 3. The smallest absolute Gasteiger partial charge is 0.272 e. The maximum absolute atomic E-state index is 13.2. The quantitative estimate of drug-likeness (QED) is 0.174. The number of hydrogen-bond donors (Lipinski definition) is 3. The summed E-state index contributed by atoms with van der Waals surface area (Å²) in [4.78, 5) is 39.4. The van der Waals surface area contributed by atoms with E-state index in [-0.39, 0.29) is 11.6 Å². The number of anilines is 2. The van der Waals surface area contributed by atoms with Crippen molar-refractivity contribution in [1.29, 1.82) is 0 Å². The molecule has 0 saturated carbocycles. The Morgan fingerprint density at radius 1 is 0.950 bits per heavy atom. The molecule has 0 aliphatic heterocycles. The van der Waals surface area contributed by atoms with Crippen LogP contribution in [0.25, 0.3) is 6.08 Å². The van der Waals surface area contributed by atoms with Gasteiger partial charge >= 0.3 is 0 Å². The second-order valence-electron chi connectivity index (χ2n) is 8.70. The first kappa shape index (κ1) is 28.2. The lowest BCUT2D eigenvalue weighted by atomic mass is 10.1. The molecule has 1 atom stereocenters. The minimum Gasteiger partial charge on any atom is -0.497 e. The number of rotatable bonds is 10. The number of thioether (sulfide) groups is 1. The van der Waals surface area contributed by atoms with Gasteiger partial charge in [0.15, 0.2) is 5.82 Å². The molecule has 204 valence electrons. The van der Waals surface area contributed by atoms with Crippen LogP contribution in [0.15, 0.2) is 100 Å². The van der Waals surface area contributed by atoms with Gasteiger partial charge in [0.05, 0.1) is 12.4 Å². The van der Waals surface area contributed by atoms with E-state index in [9.17, 15) is 14.4 Å². The van der Waals surface area contributed by atoms with Gasteiger partial charge in [-0.05, 0) is 74.0 Å². The zero-order valence-electron chi connectivity index (χ0n) is 22.1. The maximum Gasteiger partial charge on any atom is 0.272 e. The third kappa shape index (κ3) is 7.84.